The van der Waals surface area contributed by atoms with Crippen LogP contribution in [0.3, 0.4) is 0 Å². The van der Waals surface area contributed by atoms with Gasteiger partial charge in [-0.25, -0.2) is 0 Å². The van der Waals surface area contributed by atoms with Crippen LogP contribution >= 0.6 is 0 Å². The van der Waals surface area contributed by atoms with E-state index >= 15 is 0 Å². The molecule has 1 aromatic rings. The van der Waals surface area contributed by atoms with E-state index in [1.807, 2.05) is 0 Å². The van der Waals surface area contributed by atoms with Crippen molar-refractivity contribution in [2.24, 2.45) is 5.41 Å². The van der Waals surface area contributed by atoms with Gasteiger partial charge in [0.15, 0.2) is 0 Å². The van der Waals surface area contributed by atoms with Crippen LogP contribution in [0.4, 0.5) is 5.69 Å². The zero-order chi connectivity index (χ0) is 14.0. The summed E-state index contributed by atoms with van der Waals surface area (Å²) in [4.78, 5) is 2.56. The summed E-state index contributed by atoms with van der Waals surface area (Å²) in [7, 11) is 0. The fourth-order valence-corrected chi connectivity index (χ4v) is 3.37. The van der Waals surface area contributed by atoms with Crippen molar-refractivity contribution in [3.05, 3.63) is 29.8 Å². The molecule has 0 bridgehead atoms. The monoisotopic (exact) mass is 274 g/mol. The fraction of sp³-hybridized carbons (Fsp3) is 0.647. The van der Waals surface area contributed by atoms with E-state index in [-0.39, 0.29) is 5.41 Å². The van der Waals surface area contributed by atoms with Crippen molar-refractivity contribution in [1.82, 2.24) is 5.32 Å². The van der Waals surface area contributed by atoms with Gasteiger partial charge in [0.25, 0.3) is 0 Å². The normalized spacial score (nSPS) is 25.4. The van der Waals surface area contributed by atoms with Crippen molar-refractivity contribution in [2.75, 3.05) is 37.7 Å². The second-order valence-corrected chi connectivity index (χ2v) is 6.64. The number of para-hydroxylation sites is 1. The van der Waals surface area contributed by atoms with Crippen molar-refractivity contribution < 1.29 is 4.74 Å². The number of ether oxygens (including phenoxy) is 1. The largest absolute Gasteiger partial charge is 0.381 e. The van der Waals surface area contributed by atoms with Gasteiger partial charge in [-0.1, -0.05) is 32.0 Å². The van der Waals surface area contributed by atoms with E-state index in [9.17, 15) is 0 Å². The Morgan fingerprint density at radius 2 is 2.20 bits per heavy atom. The number of hydrogen-bond acceptors (Lipinski definition) is 3. The van der Waals surface area contributed by atoms with Gasteiger partial charge in [-0.2, -0.15) is 0 Å². The van der Waals surface area contributed by atoms with Crippen LogP contribution in [-0.2, 0) is 11.2 Å². The number of hydrogen-bond donors (Lipinski definition) is 1. The summed E-state index contributed by atoms with van der Waals surface area (Å²) in [6, 6.07) is 9.37. The highest BCUT2D eigenvalue weighted by Crippen LogP contribution is 2.35. The Balaban J connectivity index is 1.71. The van der Waals surface area contributed by atoms with Crippen LogP contribution in [0.5, 0.6) is 0 Å². The molecule has 1 saturated heterocycles. The highest BCUT2D eigenvalue weighted by molar-refractivity contribution is 5.58. The summed E-state index contributed by atoms with van der Waals surface area (Å²) in [5.41, 5.74) is 3.21. The van der Waals surface area contributed by atoms with Crippen LogP contribution < -0.4 is 10.2 Å². The van der Waals surface area contributed by atoms with E-state index in [0.29, 0.717) is 6.04 Å². The number of benzene rings is 1. The second-order valence-electron chi connectivity index (χ2n) is 6.64. The first-order chi connectivity index (χ1) is 9.69. The topological polar surface area (TPSA) is 24.5 Å². The van der Waals surface area contributed by atoms with E-state index in [2.05, 4.69) is 48.3 Å². The Hall–Kier alpha value is -1.06. The number of nitrogens with zero attached hydrogens (tertiary/aromatic N) is 1. The maximum atomic E-state index is 5.72. The summed E-state index contributed by atoms with van der Waals surface area (Å²) in [5, 5.41) is 3.62. The molecule has 0 radical (unpaired) electrons. The van der Waals surface area contributed by atoms with Gasteiger partial charge in [-0.15, -0.1) is 0 Å². The van der Waals surface area contributed by atoms with Gasteiger partial charge in [0.1, 0.15) is 0 Å². The zero-order valence-electron chi connectivity index (χ0n) is 12.7. The Labute approximate surface area is 122 Å². The highest BCUT2D eigenvalue weighted by Gasteiger charge is 2.37. The lowest BCUT2D eigenvalue weighted by atomic mass is 9.86. The van der Waals surface area contributed by atoms with E-state index in [1.165, 1.54) is 24.1 Å². The summed E-state index contributed by atoms with van der Waals surface area (Å²) in [5.74, 6) is 0. The van der Waals surface area contributed by atoms with Crippen molar-refractivity contribution in [3.63, 3.8) is 0 Å². The van der Waals surface area contributed by atoms with Gasteiger partial charge < -0.3 is 15.0 Å². The third-order valence-electron chi connectivity index (χ3n) is 4.58. The zero-order valence-corrected chi connectivity index (χ0v) is 12.7. The van der Waals surface area contributed by atoms with Crippen LogP contribution in [-0.4, -0.2) is 38.9 Å². The Bertz CT molecular complexity index is 452. The van der Waals surface area contributed by atoms with Gasteiger partial charge in [-0.05, 0) is 24.5 Å². The molecule has 2 aliphatic rings. The molecule has 1 atom stereocenters. The van der Waals surface area contributed by atoms with Crippen LogP contribution in [0.1, 0.15) is 25.8 Å². The van der Waals surface area contributed by atoms with E-state index in [1.54, 1.807) is 0 Å². The third kappa shape index (κ3) is 2.84. The van der Waals surface area contributed by atoms with Gasteiger partial charge in [0.2, 0.25) is 0 Å². The van der Waals surface area contributed by atoms with Gasteiger partial charge in [0.05, 0.1) is 6.61 Å². The molecule has 110 valence electrons. The van der Waals surface area contributed by atoms with Crippen molar-refractivity contribution in [1.29, 1.82) is 0 Å². The Morgan fingerprint density at radius 1 is 1.35 bits per heavy atom. The summed E-state index contributed by atoms with van der Waals surface area (Å²) >= 11 is 0. The molecule has 2 aliphatic heterocycles. The molecule has 2 heterocycles. The van der Waals surface area contributed by atoms with E-state index in [0.717, 1.165) is 32.8 Å². The van der Waals surface area contributed by atoms with Crippen molar-refractivity contribution in [3.8, 4) is 0 Å². The smallest absolute Gasteiger partial charge is 0.0552 e. The number of nitrogens with one attached hydrogen (secondary N) is 1. The van der Waals surface area contributed by atoms with E-state index < -0.39 is 0 Å². The molecule has 1 unspecified atom stereocenters. The number of fused-ring (bicyclic) bond motifs is 1. The van der Waals surface area contributed by atoms with Crippen LogP contribution in [0, 0.1) is 5.41 Å². The molecule has 3 heteroatoms. The third-order valence-corrected chi connectivity index (χ3v) is 4.58. The minimum absolute atomic E-state index is 0.279. The SMILES string of the molecule is CC(C)NCC1(CN2CCc3ccccc32)CCOC1. The summed E-state index contributed by atoms with van der Waals surface area (Å²) < 4.78 is 5.72. The van der Waals surface area contributed by atoms with Gasteiger partial charge in [-0.3, -0.25) is 0 Å². The second kappa shape index (κ2) is 5.74. The highest BCUT2D eigenvalue weighted by atomic mass is 16.5. The predicted molar refractivity (Wildman–Crippen MR) is 83.4 cm³/mol. The molecule has 1 fully saturated rings. The van der Waals surface area contributed by atoms with Crippen molar-refractivity contribution in [2.45, 2.75) is 32.7 Å². The lowest BCUT2D eigenvalue weighted by Gasteiger charge is -2.34. The quantitative estimate of drug-likeness (QED) is 0.892. The molecule has 0 saturated carbocycles. The maximum absolute atomic E-state index is 5.72. The first-order valence-corrected chi connectivity index (χ1v) is 7.83. The standard InChI is InChI=1S/C17H26N2O/c1-14(2)18-11-17(8-10-20-13-17)12-19-9-7-15-5-3-4-6-16(15)19/h3-6,14,18H,7-13H2,1-2H3. The molecule has 1 N–H and O–H groups in total. The molecule has 1 aromatic carbocycles. The van der Waals surface area contributed by atoms with Crippen LogP contribution in [0.25, 0.3) is 0 Å². The van der Waals surface area contributed by atoms with Gasteiger partial charge >= 0.3 is 0 Å². The minimum Gasteiger partial charge on any atom is -0.381 e. The molecule has 3 nitrogen and oxygen atoms in total. The Kier molecular flexibility index (Phi) is 3.99. The molecule has 0 aliphatic carbocycles. The minimum atomic E-state index is 0.279. The lowest BCUT2D eigenvalue weighted by molar-refractivity contribution is 0.151. The van der Waals surface area contributed by atoms with Crippen molar-refractivity contribution >= 4 is 5.69 Å². The van der Waals surface area contributed by atoms with E-state index in [4.69, 9.17) is 4.74 Å². The fourth-order valence-electron chi connectivity index (χ4n) is 3.37. The maximum Gasteiger partial charge on any atom is 0.0552 e. The number of anilines is 1. The van der Waals surface area contributed by atoms with Gasteiger partial charge in [0, 0.05) is 43.4 Å². The molecule has 0 aromatic heterocycles. The molecule has 20 heavy (non-hydrogen) atoms. The molecule has 0 spiro atoms. The van der Waals surface area contributed by atoms with Crippen LogP contribution in [0.15, 0.2) is 24.3 Å². The average Bonchev–Trinajstić information content (AvgIpc) is 3.06. The molecular weight excluding hydrogens is 248 g/mol. The molecule has 3 rings (SSSR count). The van der Waals surface area contributed by atoms with Crippen LogP contribution in [0.2, 0.25) is 0 Å². The summed E-state index contributed by atoms with van der Waals surface area (Å²) in [6.45, 7) is 9.57. The average molecular weight is 274 g/mol. The Morgan fingerprint density at radius 3 is 2.95 bits per heavy atom. The number of rotatable bonds is 5. The first kappa shape index (κ1) is 13.9. The predicted octanol–water partition coefficient (Wildman–Crippen LogP) is 2.45. The lowest BCUT2D eigenvalue weighted by Crippen LogP contribution is -2.46. The summed E-state index contributed by atoms with van der Waals surface area (Å²) in [6.07, 6.45) is 2.36. The first-order valence-electron chi connectivity index (χ1n) is 7.83. The molecule has 0 amide bonds. The molecular formula is C17H26N2O.